The molecule has 0 saturated heterocycles. The third-order valence-corrected chi connectivity index (χ3v) is 2.46. The maximum atomic E-state index is 5.48. The summed E-state index contributed by atoms with van der Waals surface area (Å²) in [6.45, 7) is 2.48. The van der Waals surface area contributed by atoms with Gasteiger partial charge >= 0.3 is 0 Å². The Morgan fingerprint density at radius 2 is 2.55 bits per heavy atom. The minimum atomic E-state index is 0.0150. The van der Waals surface area contributed by atoms with Crippen molar-refractivity contribution in [2.75, 3.05) is 13.7 Å². The molecule has 0 spiro atoms. The van der Waals surface area contributed by atoms with Gasteiger partial charge in [-0.3, -0.25) is 0 Å². The molecule has 1 rings (SSSR count). The van der Waals surface area contributed by atoms with Gasteiger partial charge in [0.25, 0.3) is 0 Å². The van der Waals surface area contributed by atoms with Crippen LogP contribution in [0, 0.1) is 6.92 Å². The lowest BCUT2D eigenvalue weighted by Gasteiger charge is -2.08. The van der Waals surface area contributed by atoms with Gasteiger partial charge in [0.2, 0.25) is 0 Å². The Hall–Kier alpha value is -0.450. The molecule has 0 amide bonds. The van der Waals surface area contributed by atoms with Gasteiger partial charge in [0.1, 0.15) is 6.10 Å². The lowest BCUT2D eigenvalue weighted by atomic mass is 10.3. The highest BCUT2D eigenvalue weighted by Crippen LogP contribution is 2.21. The molecule has 0 aliphatic carbocycles. The zero-order valence-electron chi connectivity index (χ0n) is 6.70. The number of nitrogens with zero attached hydrogens (tertiary/aromatic N) is 1. The van der Waals surface area contributed by atoms with E-state index in [-0.39, 0.29) is 6.10 Å². The quantitative estimate of drug-likeness (QED) is 0.742. The van der Waals surface area contributed by atoms with Gasteiger partial charge in [0, 0.05) is 19.9 Å². The van der Waals surface area contributed by atoms with E-state index in [9.17, 15) is 0 Å². The van der Waals surface area contributed by atoms with Crippen molar-refractivity contribution in [1.29, 1.82) is 0 Å². The largest absolute Gasteiger partial charge is 0.375 e. The number of nitrogens with two attached hydrogens (primary N) is 1. The second kappa shape index (κ2) is 3.80. The fourth-order valence-electron chi connectivity index (χ4n) is 0.855. The van der Waals surface area contributed by atoms with Crippen LogP contribution in [0.5, 0.6) is 0 Å². The summed E-state index contributed by atoms with van der Waals surface area (Å²) in [6.07, 6.45) is 1.84. The molecular weight excluding hydrogens is 160 g/mol. The summed E-state index contributed by atoms with van der Waals surface area (Å²) < 4.78 is 5.14. The number of aromatic nitrogens is 1. The van der Waals surface area contributed by atoms with Crippen LogP contribution in [0.25, 0.3) is 0 Å². The van der Waals surface area contributed by atoms with Crippen LogP contribution >= 0.6 is 11.3 Å². The Bertz CT molecular complexity index is 220. The Labute approximate surface area is 70.2 Å². The van der Waals surface area contributed by atoms with Crippen LogP contribution in [0.15, 0.2) is 6.20 Å². The first kappa shape index (κ1) is 8.64. The molecule has 0 aromatic carbocycles. The Kier molecular flexibility index (Phi) is 2.99. The number of hydrogen-bond donors (Lipinski definition) is 1. The highest BCUT2D eigenvalue weighted by atomic mass is 32.1. The predicted octanol–water partition coefficient (Wildman–Crippen LogP) is 1.10. The molecule has 4 heteroatoms. The molecule has 1 aromatic heterocycles. The van der Waals surface area contributed by atoms with Gasteiger partial charge < -0.3 is 10.5 Å². The fourth-order valence-corrected chi connectivity index (χ4v) is 1.73. The third-order valence-electron chi connectivity index (χ3n) is 1.46. The molecular formula is C7H12N2OS. The van der Waals surface area contributed by atoms with Crippen LogP contribution in [0.2, 0.25) is 0 Å². The van der Waals surface area contributed by atoms with Gasteiger partial charge in [-0.1, -0.05) is 0 Å². The summed E-state index contributed by atoms with van der Waals surface area (Å²) >= 11 is 1.63. The topological polar surface area (TPSA) is 48.1 Å². The van der Waals surface area contributed by atoms with Gasteiger partial charge in [-0.2, -0.15) is 0 Å². The van der Waals surface area contributed by atoms with Crippen molar-refractivity contribution in [3.05, 3.63) is 16.1 Å². The van der Waals surface area contributed by atoms with E-state index in [2.05, 4.69) is 4.98 Å². The number of thiazole rings is 1. The number of aryl methyl sites for hydroxylation is 1. The molecule has 0 aliphatic rings. The fraction of sp³-hybridized carbons (Fsp3) is 0.571. The maximum Gasteiger partial charge on any atom is 0.105 e. The molecule has 62 valence electrons. The normalized spacial score (nSPS) is 13.4. The second-order valence-electron chi connectivity index (χ2n) is 2.24. The number of hydrogen-bond acceptors (Lipinski definition) is 4. The van der Waals surface area contributed by atoms with Crippen molar-refractivity contribution in [3.63, 3.8) is 0 Å². The average molecular weight is 172 g/mol. The lowest BCUT2D eigenvalue weighted by molar-refractivity contribution is 0.113. The molecule has 1 atom stereocenters. The predicted molar refractivity (Wildman–Crippen MR) is 45.7 cm³/mol. The van der Waals surface area contributed by atoms with Crippen molar-refractivity contribution in [3.8, 4) is 0 Å². The lowest BCUT2D eigenvalue weighted by Crippen LogP contribution is -2.12. The van der Waals surface area contributed by atoms with Crippen molar-refractivity contribution in [1.82, 2.24) is 4.98 Å². The Morgan fingerprint density at radius 3 is 2.91 bits per heavy atom. The molecule has 1 unspecified atom stereocenters. The molecule has 1 aromatic rings. The second-order valence-corrected chi connectivity index (χ2v) is 3.51. The van der Waals surface area contributed by atoms with E-state index >= 15 is 0 Å². The van der Waals surface area contributed by atoms with E-state index in [0.29, 0.717) is 6.54 Å². The standard InChI is InChI=1S/C7H12N2OS/c1-5-9-4-7(11-5)6(3-8)10-2/h4,6H,3,8H2,1-2H3. The first-order valence-electron chi connectivity index (χ1n) is 3.43. The molecule has 0 fully saturated rings. The molecule has 0 aliphatic heterocycles. The van der Waals surface area contributed by atoms with Gasteiger partial charge in [-0.05, 0) is 6.92 Å². The van der Waals surface area contributed by atoms with Gasteiger partial charge in [0.05, 0.1) is 9.88 Å². The van der Waals surface area contributed by atoms with Crippen LogP contribution < -0.4 is 5.73 Å². The van der Waals surface area contributed by atoms with E-state index in [0.717, 1.165) is 9.88 Å². The van der Waals surface area contributed by atoms with Crippen molar-refractivity contribution < 1.29 is 4.74 Å². The summed E-state index contributed by atoms with van der Waals surface area (Å²) in [4.78, 5) is 5.22. The summed E-state index contributed by atoms with van der Waals surface area (Å²) in [5.74, 6) is 0. The Morgan fingerprint density at radius 1 is 1.82 bits per heavy atom. The smallest absolute Gasteiger partial charge is 0.105 e. The van der Waals surface area contributed by atoms with Gasteiger partial charge in [0.15, 0.2) is 0 Å². The van der Waals surface area contributed by atoms with Crippen LogP contribution in [0.1, 0.15) is 16.0 Å². The van der Waals surface area contributed by atoms with E-state index < -0.39 is 0 Å². The Balaban J connectivity index is 2.73. The number of methoxy groups -OCH3 is 1. The van der Waals surface area contributed by atoms with Crippen LogP contribution in [-0.4, -0.2) is 18.6 Å². The minimum absolute atomic E-state index is 0.0150. The summed E-state index contributed by atoms with van der Waals surface area (Å²) in [5.41, 5.74) is 5.48. The highest BCUT2D eigenvalue weighted by Gasteiger charge is 2.10. The third kappa shape index (κ3) is 1.99. The van der Waals surface area contributed by atoms with E-state index in [1.165, 1.54) is 0 Å². The molecule has 11 heavy (non-hydrogen) atoms. The molecule has 0 radical (unpaired) electrons. The summed E-state index contributed by atoms with van der Waals surface area (Å²) in [6, 6.07) is 0. The average Bonchev–Trinajstić information content (AvgIpc) is 2.39. The zero-order chi connectivity index (χ0) is 8.27. The summed E-state index contributed by atoms with van der Waals surface area (Å²) in [5, 5.41) is 1.05. The minimum Gasteiger partial charge on any atom is -0.375 e. The highest BCUT2D eigenvalue weighted by molar-refractivity contribution is 7.11. The SMILES string of the molecule is COC(CN)c1cnc(C)s1. The maximum absolute atomic E-state index is 5.48. The molecule has 2 N–H and O–H groups in total. The first-order chi connectivity index (χ1) is 5.27. The molecule has 0 saturated carbocycles. The van der Waals surface area contributed by atoms with E-state index in [1.54, 1.807) is 18.4 Å². The van der Waals surface area contributed by atoms with Gasteiger partial charge in [-0.25, -0.2) is 4.98 Å². The molecule has 0 bridgehead atoms. The molecule has 3 nitrogen and oxygen atoms in total. The van der Waals surface area contributed by atoms with Crippen molar-refractivity contribution in [2.24, 2.45) is 5.73 Å². The first-order valence-corrected chi connectivity index (χ1v) is 4.24. The van der Waals surface area contributed by atoms with Crippen LogP contribution in [-0.2, 0) is 4.74 Å². The van der Waals surface area contributed by atoms with Crippen molar-refractivity contribution in [2.45, 2.75) is 13.0 Å². The van der Waals surface area contributed by atoms with Crippen molar-refractivity contribution >= 4 is 11.3 Å². The summed E-state index contributed by atoms with van der Waals surface area (Å²) in [7, 11) is 1.66. The van der Waals surface area contributed by atoms with E-state index in [4.69, 9.17) is 10.5 Å². The van der Waals surface area contributed by atoms with Crippen LogP contribution in [0.4, 0.5) is 0 Å². The van der Waals surface area contributed by atoms with Crippen LogP contribution in [0.3, 0.4) is 0 Å². The number of rotatable bonds is 3. The van der Waals surface area contributed by atoms with E-state index in [1.807, 2.05) is 13.1 Å². The zero-order valence-corrected chi connectivity index (χ0v) is 7.52. The number of ether oxygens (including phenoxy) is 1. The monoisotopic (exact) mass is 172 g/mol. The molecule has 1 heterocycles. The van der Waals surface area contributed by atoms with Gasteiger partial charge in [-0.15, -0.1) is 11.3 Å².